The summed E-state index contributed by atoms with van der Waals surface area (Å²) in [6, 6.07) is 3.69. The van der Waals surface area contributed by atoms with E-state index in [1.807, 2.05) is 0 Å². The van der Waals surface area contributed by atoms with Crippen molar-refractivity contribution in [3.63, 3.8) is 0 Å². The second-order valence-corrected chi connectivity index (χ2v) is 7.13. The third-order valence-electron chi connectivity index (χ3n) is 3.92. The van der Waals surface area contributed by atoms with Crippen LogP contribution in [0.5, 0.6) is 0 Å². The fourth-order valence-corrected chi connectivity index (χ4v) is 2.80. The van der Waals surface area contributed by atoms with Gasteiger partial charge in [0.05, 0.1) is 5.56 Å². The predicted molar refractivity (Wildman–Crippen MR) is 85.6 cm³/mol. The Morgan fingerprint density at radius 2 is 1.75 bits per heavy atom. The first-order valence-corrected chi connectivity index (χ1v) is 7.91. The molecule has 4 nitrogen and oxygen atoms in total. The minimum Gasteiger partial charge on any atom is -0.444 e. The lowest BCUT2D eigenvalue weighted by molar-refractivity contribution is -0.137. The van der Waals surface area contributed by atoms with Gasteiger partial charge in [-0.3, -0.25) is 0 Å². The Hall–Kier alpha value is -1.92. The van der Waals surface area contributed by atoms with Crippen LogP contribution in [0.2, 0.25) is 0 Å². The maximum Gasteiger partial charge on any atom is 0.416 e. The van der Waals surface area contributed by atoms with Crippen molar-refractivity contribution in [3.8, 4) is 0 Å². The number of carbonyl (C=O) groups is 1. The van der Waals surface area contributed by atoms with Crippen LogP contribution in [0.1, 0.15) is 50.7 Å². The molecule has 1 amide bonds. The largest absolute Gasteiger partial charge is 0.444 e. The highest BCUT2D eigenvalue weighted by atomic mass is 19.4. The van der Waals surface area contributed by atoms with Crippen molar-refractivity contribution in [3.05, 3.63) is 29.3 Å². The quantitative estimate of drug-likeness (QED) is 0.768. The minimum atomic E-state index is -4.42. The molecule has 134 valence electrons. The zero-order valence-electron chi connectivity index (χ0n) is 14.1. The number of anilines is 1. The fraction of sp³-hybridized carbons (Fsp3) is 0.588. The highest BCUT2D eigenvalue weighted by Crippen LogP contribution is 2.36. The summed E-state index contributed by atoms with van der Waals surface area (Å²) < 4.78 is 44.1. The molecule has 0 bridgehead atoms. The Morgan fingerprint density at radius 1 is 1.17 bits per heavy atom. The first kappa shape index (κ1) is 18.4. The van der Waals surface area contributed by atoms with Crippen molar-refractivity contribution >= 4 is 11.8 Å². The number of nitrogen functional groups attached to an aromatic ring is 1. The summed E-state index contributed by atoms with van der Waals surface area (Å²) in [7, 11) is 0. The summed E-state index contributed by atoms with van der Waals surface area (Å²) in [5, 5.41) is 0. The van der Waals surface area contributed by atoms with E-state index in [9.17, 15) is 18.0 Å². The number of nitrogens with two attached hydrogens (primary N) is 1. The van der Waals surface area contributed by atoms with Gasteiger partial charge in [-0.25, -0.2) is 4.79 Å². The highest BCUT2D eigenvalue weighted by molar-refractivity contribution is 5.68. The molecule has 0 aliphatic carbocycles. The van der Waals surface area contributed by atoms with E-state index in [1.54, 1.807) is 31.7 Å². The number of hydrogen-bond acceptors (Lipinski definition) is 3. The van der Waals surface area contributed by atoms with Gasteiger partial charge in [-0.05, 0) is 63.3 Å². The molecule has 1 aromatic rings. The van der Waals surface area contributed by atoms with Crippen LogP contribution in [0.15, 0.2) is 18.2 Å². The van der Waals surface area contributed by atoms with Crippen molar-refractivity contribution in [1.29, 1.82) is 0 Å². The lowest BCUT2D eigenvalue weighted by Crippen LogP contribution is -2.41. The van der Waals surface area contributed by atoms with E-state index < -0.39 is 17.3 Å². The van der Waals surface area contributed by atoms with Crippen molar-refractivity contribution in [2.45, 2.75) is 51.3 Å². The number of piperidine rings is 1. The van der Waals surface area contributed by atoms with Gasteiger partial charge in [0.1, 0.15) is 5.60 Å². The SMILES string of the molecule is CC(C)(C)OC(=O)N1CCC(c2cc(N)cc(C(F)(F)F)c2)CC1. The molecule has 7 heteroatoms. The van der Waals surface area contributed by atoms with Crippen molar-refractivity contribution in [1.82, 2.24) is 4.90 Å². The van der Waals surface area contributed by atoms with Crippen LogP contribution in [0.25, 0.3) is 0 Å². The van der Waals surface area contributed by atoms with E-state index in [2.05, 4.69) is 0 Å². The second-order valence-electron chi connectivity index (χ2n) is 7.13. The number of halogens is 3. The molecule has 0 spiro atoms. The number of hydrogen-bond donors (Lipinski definition) is 1. The Labute approximate surface area is 139 Å². The van der Waals surface area contributed by atoms with Gasteiger partial charge in [0.25, 0.3) is 0 Å². The molecule has 1 saturated heterocycles. The van der Waals surface area contributed by atoms with Crippen LogP contribution in [-0.4, -0.2) is 29.7 Å². The highest BCUT2D eigenvalue weighted by Gasteiger charge is 2.33. The van der Waals surface area contributed by atoms with Gasteiger partial charge in [0.2, 0.25) is 0 Å². The monoisotopic (exact) mass is 344 g/mol. The summed E-state index contributed by atoms with van der Waals surface area (Å²) in [5.41, 5.74) is 5.01. The number of ether oxygens (including phenoxy) is 1. The van der Waals surface area contributed by atoms with E-state index in [0.29, 0.717) is 31.5 Å². The van der Waals surface area contributed by atoms with Crippen molar-refractivity contribution < 1.29 is 22.7 Å². The van der Waals surface area contributed by atoms with Crippen LogP contribution in [0.4, 0.5) is 23.7 Å². The average Bonchev–Trinajstić information content (AvgIpc) is 2.44. The Bertz CT molecular complexity index is 601. The molecule has 2 N–H and O–H groups in total. The van der Waals surface area contributed by atoms with E-state index in [1.165, 1.54) is 0 Å². The fourth-order valence-electron chi connectivity index (χ4n) is 2.80. The summed E-state index contributed by atoms with van der Waals surface area (Å²) in [6.07, 6.45) is -3.63. The van der Waals surface area contributed by atoms with E-state index in [-0.39, 0.29) is 17.7 Å². The topological polar surface area (TPSA) is 55.6 Å². The number of benzene rings is 1. The zero-order valence-corrected chi connectivity index (χ0v) is 14.1. The third-order valence-corrected chi connectivity index (χ3v) is 3.92. The maximum absolute atomic E-state index is 12.9. The first-order chi connectivity index (χ1) is 11.0. The number of carbonyl (C=O) groups excluding carboxylic acids is 1. The molecule has 1 heterocycles. The Morgan fingerprint density at radius 3 is 2.25 bits per heavy atom. The van der Waals surface area contributed by atoms with E-state index >= 15 is 0 Å². The number of amides is 1. The summed E-state index contributed by atoms with van der Waals surface area (Å²) in [4.78, 5) is 13.6. The molecule has 1 aliphatic rings. The molecule has 1 fully saturated rings. The molecular formula is C17H23F3N2O2. The predicted octanol–water partition coefficient (Wildman–Crippen LogP) is 4.40. The van der Waals surface area contributed by atoms with Gasteiger partial charge < -0.3 is 15.4 Å². The van der Waals surface area contributed by atoms with Crippen LogP contribution in [0.3, 0.4) is 0 Å². The number of alkyl halides is 3. The van der Waals surface area contributed by atoms with Gasteiger partial charge in [0.15, 0.2) is 0 Å². The van der Waals surface area contributed by atoms with Gasteiger partial charge in [-0.2, -0.15) is 13.2 Å². The van der Waals surface area contributed by atoms with Crippen LogP contribution >= 0.6 is 0 Å². The summed E-state index contributed by atoms with van der Waals surface area (Å²) in [5.74, 6) is -0.0479. The Balaban J connectivity index is 2.05. The second kappa shape index (κ2) is 6.53. The van der Waals surface area contributed by atoms with Crippen LogP contribution < -0.4 is 5.73 Å². The molecule has 2 rings (SSSR count). The van der Waals surface area contributed by atoms with Crippen molar-refractivity contribution in [2.75, 3.05) is 18.8 Å². The molecule has 0 atom stereocenters. The molecule has 0 radical (unpaired) electrons. The summed E-state index contributed by atoms with van der Waals surface area (Å²) >= 11 is 0. The van der Waals surface area contributed by atoms with Gasteiger partial charge >= 0.3 is 12.3 Å². The lowest BCUT2D eigenvalue weighted by atomic mass is 9.88. The summed E-state index contributed by atoms with van der Waals surface area (Å²) in [6.45, 7) is 6.29. The molecule has 1 aromatic carbocycles. The Kier molecular flexibility index (Phi) is 5.01. The third kappa shape index (κ3) is 4.79. The van der Waals surface area contributed by atoms with Crippen LogP contribution in [0, 0.1) is 0 Å². The number of likely N-dealkylation sites (tertiary alicyclic amines) is 1. The normalized spacial score (nSPS) is 17.0. The van der Waals surface area contributed by atoms with Crippen LogP contribution in [-0.2, 0) is 10.9 Å². The smallest absolute Gasteiger partial charge is 0.416 e. The van der Waals surface area contributed by atoms with Gasteiger partial charge in [-0.15, -0.1) is 0 Å². The zero-order chi connectivity index (χ0) is 18.1. The molecule has 1 aliphatic heterocycles. The molecule has 24 heavy (non-hydrogen) atoms. The van der Waals surface area contributed by atoms with Crippen molar-refractivity contribution in [2.24, 2.45) is 0 Å². The number of nitrogens with zero attached hydrogens (tertiary/aromatic N) is 1. The maximum atomic E-state index is 12.9. The number of rotatable bonds is 1. The lowest BCUT2D eigenvalue weighted by Gasteiger charge is -2.33. The molecule has 0 unspecified atom stereocenters. The van der Waals surface area contributed by atoms with Gasteiger partial charge in [-0.1, -0.05) is 0 Å². The van der Waals surface area contributed by atoms with E-state index in [0.717, 1.165) is 12.1 Å². The molecule has 0 aromatic heterocycles. The van der Waals surface area contributed by atoms with Gasteiger partial charge in [0, 0.05) is 18.8 Å². The first-order valence-electron chi connectivity index (χ1n) is 7.91. The minimum absolute atomic E-state index is 0.0479. The van der Waals surface area contributed by atoms with E-state index in [4.69, 9.17) is 10.5 Å². The molecule has 0 saturated carbocycles. The molecular weight excluding hydrogens is 321 g/mol. The average molecular weight is 344 g/mol. The standard InChI is InChI=1S/C17H23F3N2O2/c1-16(2,3)24-15(23)22-6-4-11(5-7-22)12-8-13(17(18,19)20)10-14(21)9-12/h8-11H,4-7,21H2,1-3H3.